The largest absolute Gasteiger partial charge is 0.375 e. The van der Waals surface area contributed by atoms with E-state index >= 15 is 0 Å². The average molecular weight is 403 g/mol. The summed E-state index contributed by atoms with van der Waals surface area (Å²) in [6, 6.07) is 14.2. The highest BCUT2D eigenvalue weighted by atomic mass is 32.2. The first kappa shape index (κ1) is 19.5. The molecule has 3 N–H and O–H groups in total. The summed E-state index contributed by atoms with van der Waals surface area (Å²) in [5.74, 6) is 0. The number of fused-ring (bicyclic) bond motifs is 1. The smallest absolute Gasteiger partial charge is 0.243 e. The van der Waals surface area contributed by atoms with Crippen LogP contribution in [0.4, 0.5) is 0 Å². The van der Waals surface area contributed by atoms with Gasteiger partial charge in [-0.05, 0) is 55.7 Å². The number of sulfonamides is 1. The number of nitrogens with two attached hydrogens (primary N) is 1. The van der Waals surface area contributed by atoms with Crippen LogP contribution in [-0.2, 0) is 16.4 Å². The highest BCUT2D eigenvalue weighted by molar-refractivity contribution is 7.89. The van der Waals surface area contributed by atoms with Gasteiger partial charge in [-0.2, -0.15) is 9.41 Å². The Kier molecular flexibility index (Phi) is 5.59. The van der Waals surface area contributed by atoms with E-state index in [0.717, 1.165) is 16.7 Å². The van der Waals surface area contributed by atoms with Crippen molar-refractivity contribution in [3.05, 3.63) is 65.2 Å². The van der Waals surface area contributed by atoms with Crippen molar-refractivity contribution in [3.63, 3.8) is 0 Å². The van der Waals surface area contributed by atoms with Gasteiger partial charge in [0.05, 0.1) is 16.6 Å². The van der Waals surface area contributed by atoms with Gasteiger partial charge in [0, 0.05) is 6.54 Å². The van der Waals surface area contributed by atoms with Crippen molar-refractivity contribution in [1.29, 1.82) is 0 Å². The monoisotopic (exact) mass is 402 g/mol. The standard InChI is InChI=1S/C19H22N4O2S2/c1-13-7-9-16(10-8-13)27(24,25)23-12-11-15-5-3-4-6-17(15)18(23)14(2)21-22-19(20)26/h3-10,18H,11-12H2,1-2H3,(H3,20,22,26)/b21-14+. The molecule has 6 nitrogen and oxygen atoms in total. The first-order chi connectivity index (χ1) is 12.8. The molecule has 0 saturated heterocycles. The van der Waals surface area contributed by atoms with Gasteiger partial charge in [0.2, 0.25) is 10.0 Å². The lowest BCUT2D eigenvalue weighted by Crippen LogP contribution is -2.43. The van der Waals surface area contributed by atoms with Gasteiger partial charge in [-0.3, -0.25) is 5.43 Å². The molecule has 0 aliphatic carbocycles. The second kappa shape index (κ2) is 7.75. The Hall–Kier alpha value is -2.29. The molecule has 0 radical (unpaired) electrons. The number of benzene rings is 2. The molecule has 1 aliphatic heterocycles. The van der Waals surface area contributed by atoms with Crippen LogP contribution in [0.5, 0.6) is 0 Å². The molecule has 0 fully saturated rings. The van der Waals surface area contributed by atoms with E-state index in [2.05, 4.69) is 10.5 Å². The molecule has 1 atom stereocenters. The van der Waals surface area contributed by atoms with E-state index in [1.54, 1.807) is 31.2 Å². The molecular formula is C19H22N4O2S2. The lowest BCUT2D eigenvalue weighted by molar-refractivity contribution is 0.364. The molecule has 2 aromatic rings. The molecule has 1 aliphatic rings. The summed E-state index contributed by atoms with van der Waals surface area (Å²) < 4.78 is 28.2. The maximum atomic E-state index is 13.4. The molecule has 3 rings (SSSR count). The second-order valence-corrected chi connectivity index (χ2v) is 8.84. The summed E-state index contributed by atoms with van der Waals surface area (Å²) in [4.78, 5) is 0.271. The maximum Gasteiger partial charge on any atom is 0.243 e. The van der Waals surface area contributed by atoms with Crippen LogP contribution < -0.4 is 11.2 Å². The van der Waals surface area contributed by atoms with Crippen molar-refractivity contribution in [2.24, 2.45) is 10.8 Å². The van der Waals surface area contributed by atoms with Crippen LogP contribution in [0.3, 0.4) is 0 Å². The van der Waals surface area contributed by atoms with Crippen LogP contribution in [0.15, 0.2) is 58.5 Å². The van der Waals surface area contributed by atoms with Gasteiger partial charge in [0.1, 0.15) is 0 Å². The maximum absolute atomic E-state index is 13.4. The summed E-state index contributed by atoms with van der Waals surface area (Å²) in [6.07, 6.45) is 0.647. The Morgan fingerprint density at radius 2 is 1.89 bits per heavy atom. The molecule has 2 aromatic carbocycles. The van der Waals surface area contributed by atoms with Gasteiger partial charge in [-0.15, -0.1) is 0 Å². The topological polar surface area (TPSA) is 87.8 Å². The van der Waals surface area contributed by atoms with Crippen LogP contribution in [-0.4, -0.2) is 30.1 Å². The Bertz CT molecular complexity index is 985. The Balaban J connectivity index is 2.09. The summed E-state index contributed by atoms with van der Waals surface area (Å²) in [6.45, 7) is 4.07. The van der Waals surface area contributed by atoms with Crippen molar-refractivity contribution in [3.8, 4) is 0 Å². The van der Waals surface area contributed by atoms with Crippen molar-refractivity contribution >= 4 is 33.1 Å². The second-order valence-electron chi connectivity index (χ2n) is 6.51. The van der Waals surface area contributed by atoms with Gasteiger partial charge < -0.3 is 5.73 Å². The highest BCUT2D eigenvalue weighted by Crippen LogP contribution is 2.35. The minimum Gasteiger partial charge on any atom is -0.375 e. The predicted molar refractivity (Wildman–Crippen MR) is 111 cm³/mol. The Morgan fingerprint density at radius 1 is 1.22 bits per heavy atom. The summed E-state index contributed by atoms with van der Waals surface area (Å²) >= 11 is 4.81. The van der Waals surface area contributed by atoms with E-state index in [4.69, 9.17) is 18.0 Å². The van der Waals surface area contributed by atoms with Crippen LogP contribution in [0.2, 0.25) is 0 Å². The number of nitrogens with zero attached hydrogens (tertiary/aromatic N) is 2. The van der Waals surface area contributed by atoms with Crippen molar-refractivity contribution in [1.82, 2.24) is 9.73 Å². The van der Waals surface area contributed by atoms with Gasteiger partial charge in [0.15, 0.2) is 5.11 Å². The number of hydrazone groups is 1. The van der Waals surface area contributed by atoms with Gasteiger partial charge in [-0.1, -0.05) is 42.0 Å². The zero-order chi connectivity index (χ0) is 19.6. The average Bonchev–Trinajstić information content (AvgIpc) is 2.65. The molecule has 0 aromatic heterocycles. The molecule has 0 bridgehead atoms. The Labute approximate surface area is 165 Å². The quantitative estimate of drug-likeness (QED) is 0.466. The lowest BCUT2D eigenvalue weighted by Gasteiger charge is -2.36. The molecule has 8 heteroatoms. The van der Waals surface area contributed by atoms with Crippen molar-refractivity contribution < 1.29 is 8.42 Å². The molecule has 1 unspecified atom stereocenters. The molecule has 1 heterocycles. The molecule has 142 valence electrons. The first-order valence-electron chi connectivity index (χ1n) is 8.56. The van der Waals surface area contributed by atoms with E-state index in [0.29, 0.717) is 18.7 Å². The molecule has 0 spiro atoms. The molecule has 0 amide bonds. The van der Waals surface area contributed by atoms with Crippen LogP contribution in [0, 0.1) is 6.92 Å². The molecular weight excluding hydrogens is 380 g/mol. The molecule has 27 heavy (non-hydrogen) atoms. The number of nitrogens with one attached hydrogen (secondary N) is 1. The fraction of sp³-hybridized carbons (Fsp3) is 0.263. The number of aryl methyl sites for hydroxylation is 1. The fourth-order valence-electron chi connectivity index (χ4n) is 3.29. The number of thiocarbonyl (C=S) groups is 1. The van der Waals surface area contributed by atoms with Gasteiger partial charge in [-0.25, -0.2) is 8.42 Å². The fourth-order valence-corrected chi connectivity index (χ4v) is 4.96. The summed E-state index contributed by atoms with van der Waals surface area (Å²) in [5.41, 5.74) is 11.7. The van der Waals surface area contributed by atoms with E-state index in [9.17, 15) is 8.42 Å². The van der Waals surface area contributed by atoms with Crippen molar-refractivity contribution in [2.45, 2.75) is 31.2 Å². The third kappa shape index (κ3) is 4.02. The highest BCUT2D eigenvalue weighted by Gasteiger charge is 2.38. The third-order valence-electron chi connectivity index (χ3n) is 4.60. The zero-order valence-electron chi connectivity index (χ0n) is 15.2. The molecule has 0 saturated carbocycles. The van der Waals surface area contributed by atoms with E-state index in [-0.39, 0.29) is 10.0 Å². The third-order valence-corrected chi connectivity index (χ3v) is 6.57. The normalized spacial score (nSPS) is 18.0. The SMILES string of the molecule is C/C(=N\NC(N)=S)C1c2ccccc2CCN1S(=O)(=O)c1ccc(C)cc1. The Morgan fingerprint density at radius 3 is 2.56 bits per heavy atom. The van der Waals surface area contributed by atoms with Crippen LogP contribution >= 0.6 is 12.2 Å². The predicted octanol–water partition coefficient (Wildman–Crippen LogP) is 2.49. The van der Waals surface area contributed by atoms with Gasteiger partial charge in [0.25, 0.3) is 0 Å². The summed E-state index contributed by atoms with van der Waals surface area (Å²) in [5, 5.41) is 4.25. The van der Waals surface area contributed by atoms with Gasteiger partial charge >= 0.3 is 0 Å². The first-order valence-corrected chi connectivity index (χ1v) is 10.4. The number of hydrogen-bond donors (Lipinski definition) is 2. The van der Waals surface area contributed by atoms with Crippen LogP contribution in [0.25, 0.3) is 0 Å². The van der Waals surface area contributed by atoms with E-state index in [1.165, 1.54) is 4.31 Å². The van der Waals surface area contributed by atoms with E-state index < -0.39 is 16.1 Å². The number of hydrogen-bond acceptors (Lipinski definition) is 4. The van der Waals surface area contributed by atoms with Crippen molar-refractivity contribution in [2.75, 3.05) is 6.54 Å². The zero-order valence-corrected chi connectivity index (χ0v) is 16.8. The lowest BCUT2D eigenvalue weighted by atomic mass is 9.92. The summed E-state index contributed by atoms with van der Waals surface area (Å²) in [7, 11) is -3.69. The van der Waals surface area contributed by atoms with Crippen LogP contribution in [0.1, 0.15) is 29.7 Å². The minimum absolute atomic E-state index is 0.0337. The minimum atomic E-state index is -3.69. The number of rotatable bonds is 4. The van der Waals surface area contributed by atoms with E-state index in [1.807, 2.05) is 31.2 Å².